The van der Waals surface area contributed by atoms with Gasteiger partial charge in [-0.1, -0.05) is 66.7 Å². The zero-order chi connectivity index (χ0) is 16.8. The molecule has 2 heteroatoms. The Bertz CT molecular complexity index is 783. The molecule has 0 bridgehead atoms. The van der Waals surface area contributed by atoms with E-state index in [2.05, 4.69) is 49.4 Å². The molecule has 0 saturated heterocycles. The van der Waals surface area contributed by atoms with E-state index in [4.69, 9.17) is 10.5 Å². The molecule has 0 amide bonds. The fourth-order valence-electron chi connectivity index (χ4n) is 2.77. The fourth-order valence-corrected chi connectivity index (χ4v) is 2.77. The maximum absolute atomic E-state index is 6.42. The van der Waals surface area contributed by atoms with Gasteiger partial charge in [-0.25, -0.2) is 0 Å². The van der Waals surface area contributed by atoms with E-state index >= 15 is 0 Å². The SMILES string of the molecule is Cc1ccccc1CC(N)c1cccc(OCc2ccccc2)c1. The molecular formula is C22H23NO. The number of rotatable bonds is 6. The van der Waals surface area contributed by atoms with Crippen molar-refractivity contribution in [1.29, 1.82) is 0 Å². The Morgan fingerprint density at radius 1 is 0.875 bits per heavy atom. The van der Waals surface area contributed by atoms with Gasteiger partial charge in [0, 0.05) is 6.04 Å². The van der Waals surface area contributed by atoms with Crippen molar-refractivity contribution in [1.82, 2.24) is 0 Å². The number of ether oxygens (including phenoxy) is 1. The van der Waals surface area contributed by atoms with Crippen molar-refractivity contribution >= 4 is 0 Å². The molecule has 2 nitrogen and oxygen atoms in total. The van der Waals surface area contributed by atoms with Gasteiger partial charge < -0.3 is 10.5 Å². The quantitative estimate of drug-likeness (QED) is 0.707. The second-order valence-electron chi connectivity index (χ2n) is 6.08. The van der Waals surface area contributed by atoms with E-state index < -0.39 is 0 Å². The van der Waals surface area contributed by atoms with Crippen LogP contribution in [0.2, 0.25) is 0 Å². The van der Waals surface area contributed by atoms with Crippen molar-refractivity contribution in [3.05, 3.63) is 101 Å². The molecule has 0 aliphatic carbocycles. The lowest BCUT2D eigenvalue weighted by Crippen LogP contribution is -2.14. The molecule has 1 atom stereocenters. The molecule has 3 aromatic rings. The summed E-state index contributed by atoms with van der Waals surface area (Å²) in [4.78, 5) is 0. The summed E-state index contributed by atoms with van der Waals surface area (Å²) in [5.41, 5.74) is 11.3. The third-order valence-corrected chi connectivity index (χ3v) is 4.24. The molecule has 24 heavy (non-hydrogen) atoms. The molecule has 0 aromatic heterocycles. The Kier molecular flexibility index (Phi) is 5.29. The number of nitrogens with two attached hydrogens (primary N) is 1. The van der Waals surface area contributed by atoms with Gasteiger partial charge in [0.15, 0.2) is 0 Å². The van der Waals surface area contributed by atoms with Crippen molar-refractivity contribution in [2.75, 3.05) is 0 Å². The van der Waals surface area contributed by atoms with Gasteiger partial charge >= 0.3 is 0 Å². The highest BCUT2D eigenvalue weighted by Gasteiger charge is 2.09. The van der Waals surface area contributed by atoms with E-state index in [9.17, 15) is 0 Å². The highest BCUT2D eigenvalue weighted by molar-refractivity contribution is 5.33. The molecule has 0 fully saturated rings. The van der Waals surface area contributed by atoms with Crippen molar-refractivity contribution < 1.29 is 4.74 Å². The average molecular weight is 317 g/mol. The number of benzene rings is 3. The molecule has 0 radical (unpaired) electrons. The van der Waals surface area contributed by atoms with Crippen molar-refractivity contribution in [2.24, 2.45) is 5.73 Å². The Morgan fingerprint density at radius 3 is 2.42 bits per heavy atom. The summed E-state index contributed by atoms with van der Waals surface area (Å²) in [6.07, 6.45) is 0.828. The van der Waals surface area contributed by atoms with E-state index in [1.165, 1.54) is 11.1 Å². The summed E-state index contributed by atoms with van der Waals surface area (Å²) in [6.45, 7) is 2.69. The van der Waals surface area contributed by atoms with Gasteiger partial charge in [0.2, 0.25) is 0 Å². The molecule has 0 aliphatic heterocycles. The molecule has 1 unspecified atom stereocenters. The average Bonchev–Trinajstić information content (AvgIpc) is 2.63. The van der Waals surface area contributed by atoms with E-state index in [0.717, 1.165) is 23.3 Å². The lowest BCUT2D eigenvalue weighted by Gasteiger charge is -2.15. The topological polar surface area (TPSA) is 35.2 Å². The first-order valence-corrected chi connectivity index (χ1v) is 8.29. The highest BCUT2D eigenvalue weighted by Crippen LogP contribution is 2.22. The summed E-state index contributed by atoms with van der Waals surface area (Å²) < 4.78 is 5.90. The van der Waals surface area contributed by atoms with Crippen LogP contribution < -0.4 is 10.5 Å². The minimum atomic E-state index is -0.0358. The molecule has 3 aromatic carbocycles. The van der Waals surface area contributed by atoms with E-state index in [1.807, 2.05) is 36.4 Å². The first-order valence-electron chi connectivity index (χ1n) is 8.29. The number of hydrogen-bond acceptors (Lipinski definition) is 2. The third-order valence-electron chi connectivity index (χ3n) is 4.24. The largest absolute Gasteiger partial charge is 0.489 e. The van der Waals surface area contributed by atoms with E-state index in [-0.39, 0.29) is 6.04 Å². The van der Waals surface area contributed by atoms with Crippen LogP contribution in [0.25, 0.3) is 0 Å². The van der Waals surface area contributed by atoms with Crippen LogP contribution in [0, 0.1) is 6.92 Å². The first-order chi connectivity index (χ1) is 11.7. The summed E-state index contributed by atoms with van der Waals surface area (Å²) >= 11 is 0. The third kappa shape index (κ3) is 4.24. The number of hydrogen-bond donors (Lipinski definition) is 1. The van der Waals surface area contributed by atoms with Gasteiger partial charge in [0.1, 0.15) is 12.4 Å². The van der Waals surface area contributed by atoms with Gasteiger partial charge in [-0.3, -0.25) is 0 Å². The Morgan fingerprint density at radius 2 is 1.62 bits per heavy atom. The van der Waals surface area contributed by atoms with Crippen LogP contribution >= 0.6 is 0 Å². The van der Waals surface area contributed by atoms with E-state index in [1.54, 1.807) is 0 Å². The maximum Gasteiger partial charge on any atom is 0.120 e. The van der Waals surface area contributed by atoms with Gasteiger partial charge in [0.25, 0.3) is 0 Å². The minimum Gasteiger partial charge on any atom is -0.489 e. The van der Waals surface area contributed by atoms with Crippen LogP contribution in [0.3, 0.4) is 0 Å². The summed E-state index contributed by atoms with van der Waals surface area (Å²) in [7, 11) is 0. The van der Waals surface area contributed by atoms with E-state index in [0.29, 0.717) is 6.61 Å². The summed E-state index contributed by atoms with van der Waals surface area (Å²) in [5.74, 6) is 0.858. The maximum atomic E-state index is 6.42. The Hall–Kier alpha value is -2.58. The van der Waals surface area contributed by atoms with Crippen molar-refractivity contribution in [3.63, 3.8) is 0 Å². The second-order valence-corrected chi connectivity index (χ2v) is 6.08. The monoisotopic (exact) mass is 317 g/mol. The molecular weight excluding hydrogens is 294 g/mol. The molecule has 2 N–H and O–H groups in total. The Labute approximate surface area is 143 Å². The smallest absolute Gasteiger partial charge is 0.120 e. The van der Waals surface area contributed by atoms with Crippen LogP contribution in [0.15, 0.2) is 78.9 Å². The van der Waals surface area contributed by atoms with Crippen LogP contribution in [0.4, 0.5) is 0 Å². The van der Waals surface area contributed by atoms with Gasteiger partial charge in [-0.05, 0) is 47.7 Å². The lowest BCUT2D eigenvalue weighted by atomic mass is 9.97. The fraction of sp³-hybridized carbons (Fsp3) is 0.182. The zero-order valence-electron chi connectivity index (χ0n) is 14.0. The van der Waals surface area contributed by atoms with Gasteiger partial charge in [0.05, 0.1) is 0 Å². The standard InChI is InChI=1S/C22H23NO/c1-17-8-5-6-11-19(17)15-22(23)20-12-7-13-21(14-20)24-16-18-9-3-2-4-10-18/h2-14,22H,15-16,23H2,1H3. The van der Waals surface area contributed by atoms with Crippen LogP contribution in [-0.4, -0.2) is 0 Å². The molecule has 122 valence electrons. The molecule has 0 aliphatic rings. The first kappa shape index (κ1) is 16.3. The molecule has 0 saturated carbocycles. The molecule has 0 heterocycles. The summed E-state index contributed by atoms with van der Waals surface area (Å²) in [5, 5.41) is 0. The molecule has 0 spiro atoms. The highest BCUT2D eigenvalue weighted by atomic mass is 16.5. The lowest BCUT2D eigenvalue weighted by molar-refractivity contribution is 0.305. The van der Waals surface area contributed by atoms with Crippen LogP contribution in [0.5, 0.6) is 5.75 Å². The Balaban J connectivity index is 1.67. The normalized spacial score (nSPS) is 11.9. The zero-order valence-corrected chi connectivity index (χ0v) is 14.0. The van der Waals surface area contributed by atoms with Crippen molar-refractivity contribution in [2.45, 2.75) is 26.0 Å². The predicted molar refractivity (Wildman–Crippen MR) is 99.0 cm³/mol. The number of aryl methyl sites for hydroxylation is 1. The minimum absolute atomic E-state index is 0.0358. The van der Waals surface area contributed by atoms with Crippen LogP contribution in [-0.2, 0) is 13.0 Å². The van der Waals surface area contributed by atoms with Crippen molar-refractivity contribution in [3.8, 4) is 5.75 Å². The van der Waals surface area contributed by atoms with Gasteiger partial charge in [-0.15, -0.1) is 0 Å². The predicted octanol–water partition coefficient (Wildman–Crippen LogP) is 4.82. The second kappa shape index (κ2) is 7.80. The molecule has 3 rings (SSSR count). The van der Waals surface area contributed by atoms with Gasteiger partial charge in [-0.2, -0.15) is 0 Å². The van der Waals surface area contributed by atoms with Crippen LogP contribution in [0.1, 0.15) is 28.3 Å². The summed E-state index contributed by atoms with van der Waals surface area (Å²) in [6, 6.07) is 26.6.